The van der Waals surface area contributed by atoms with Crippen molar-refractivity contribution < 1.29 is 9.84 Å². The Morgan fingerprint density at radius 1 is 1.56 bits per heavy atom. The van der Waals surface area contributed by atoms with Crippen molar-refractivity contribution in [3.63, 3.8) is 0 Å². The molecule has 2 aliphatic heterocycles. The van der Waals surface area contributed by atoms with Gasteiger partial charge in [-0.1, -0.05) is 0 Å². The van der Waals surface area contributed by atoms with Crippen LogP contribution in [0.2, 0.25) is 0 Å². The Morgan fingerprint density at radius 3 is 2.56 bits per heavy atom. The topological polar surface area (TPSA) is 41.5 Å². The van der Waals surface area contributed by atoms with E-state index in [0.29, 0.717) is 6.61 Å². The molecule has 0 aromatic rings. The molecule has 2 saturated heterocycles. The Hall–Kier alpha value is -0.120. The van der Waals surface area contributed by atoms with Crippen LogP contribution in [0.25, 0.3) is 0 Å². The van der Waals surface area contributed by atoms with Gasteiger partial charge in [-0.2, -0.15) is 0 Å². The van der Waals surface area contributed by atoms with Crippen molar-refractivity contribution in [1.29, 1.82) is 0 Å². The molecule has 0 bridgehead atoms. The van der Waals surface area contributed by atoms with Crippen LogP contribution >= 0.6 is 0 Å². The molecule has 1 atom stereocenters. The lowest BCUT2D eigenvalue weighted by atomic mass is 9.79. The second-order valence-corrected chi connectivity index (χ2v) is 3.00. The van der Waals surface area contributed by atoms with Gasteiger partial charge in [0, 0.05) is 18.5 Å². The zero-order chi connectivity index (χ0) is 6.32. The smallest absolute Gasteiger partial charge is 0.0876 e. The number of rotatable bonds is 0. The molecule has 3 heteroatoms. The van der Waals surface area contributed by atoms with E-state index < -0.39 is 0 Å². The molecule has 52 valence electrons. The summed E-state index contributed by atoms with van der Waals surface area (Å²) in [6.07, 6.45) is -0.223. The molecule has 2 N–H and O–H groups in total. The molecule has 0 aliphatic carbocycles. The summed E-state index contributed by atoms with van der Waals surface area (Å²) in [5.41, 5.74) is 0.0972. The molecule has 2 fully saturated rings. The van der Waals surface area contributed by atoms with Crippen LogP contribution in [-0.4, -0.2) is 37.5 Å². The average Bonchev–Trinajstić information content (AvgIpc) is 2.07. The van der Waals surface area contributed by atoms with Crippen molar-refractivity contribution in [2.45, 2.75) is 6.10 Å². The van der Waals surface area contributed by atoms with Crippen LogP contribution in [0.15, 0.2) is 0 Å². The Kier molecular flexibility index (Phi) is 1.06. The van der Waals surface area contributed by atoms with Gasteiger partial charge in [-0.3, -0.25) is 0 Å². The van der Waals surface area contributed by atoms with E-state index in [1.54, 1.807) is 0 Å². The van der Waals surface area contributed by atoms with E-state index in [0.717, 1.165) is 19.7 Å². The molecule has 0 amide bonds. The van der Waals surface area contributed by atoms with Crippen LogP contribution in [0, 0.1) is 5.41 Å². The third-order valence-electron chi connectivity index (χ3n) is 2.33. The number of hydrogen-bond donors (Lipinski definition) is 2. The summed E-state index contributed by atoms with van der Waals surface area (Å²) in [7, 11) is 0. The number of nitrogens with one attached hydrogen (secondary N) is 1. The van der Waals surface area contributed by atoms with Gasteiger partial charge in [0.25, 0.3) is 0 Å². The van der Waals surface area contributed by atoms with E-state index >= 15 is 0 Å². The summed E-state index contributed by atoms with van der Waals surface area (Å²) < 4.78 is 5.12. The second kappa shape index (κ2) is 1.68. The minimum Gasteiger partial charge on any atom is -0.390 e. The summed E-state index contributed by atoms with van der Waals surface area (Å²) >= 11 is 0. The molecule has 0 aromatic heterocycles. The zero-order valence-electron chi connectivity index (χ0n) is 5.26. The Labute approximate surface area is 54.0 Å². The third-order valence-corrected chi connectivity index (χ3v) is 2.33. The molecule has 1 spiro atoms. The fourth-order valence-electron chi connectivity index (χ4n) is 1.43. The Morgan fingerprint density at radius 2 is 2.33 bits per heavy atom. The van der Waals surface area contributed by atoms with Gasteiger partial charge in [-0.05, 0) is 0 Å². The van der Waals surface area contributed by atoms with Gasteiger partial charge in [0.05, 0.1) is 19.3 Å². The summed E-state index contributed by atoms with van der Waals surface area (Å²) in [4.78, 5) is 0. The van der Waals surface area contributed by atoms with E-state index in [9.17, 15) is 5.11 Å². The predicted octanol–water partition coefficient (Wildman–Crippen LogP) is -1.03. The number of aliphatic hydroxyl groups excluding tert-OH is 1. The number of ether oxygens (including phenoxy) is 1. The minimum absolute atomic E-state index is 0.0972. The van der Waals surface area contributed by atoms with Gasteiger partial charge in [0.1, 0.15) is 0 Å². The molecule has 0 aromatic carbocycles. The summed E-state index contributed by atoms with van der Waals surface area (Å²) in [6, 6.07) is 0. The fourth-order valence-corrected chi connectivity index (χ4v) is 1.43. The maximum Gasteiger partial charge on any atom is 0.0876 e. The van der Waals surface area contributed by atoms with Crippen LogP contribution < -0.4 is 5.32 Å². The van der Waals surface area contributed by atoms with Crippen LogP contribution in [0.4, 0.5) is 0 Å². The van der Waals surface area contributed by atoms with Gasteiger partial charge in [-0.25, -0.2) is 0 Å². The first-order chi connectivity index (χ1) is 4.33. The summed E-state index contributed by atoms with van der Waals surface area (Å²) in [5, 5.41) is 12.5. The highest BCUT2D eigenvalue weighted by Crippen LogP contribution is 2.32. The SMILES string of the molecule is OC1COCC12CNC2. The summed E-state index contributed by atoms with van der Waals surface area (Å²) in [6.45, 7) is 3.12. The molecule has 0 saturated carbocycles. The van der Waals surface area contributed by atoms with Crippen LogP contribution in [-0.2, 0) is 4.74 Å². The van der Waals surface area contributed by atoms with Gasteiger partial charge < -0.3 is 15.2 Å². The van der Waals surface area contributed by atoms with Crippen molar-refractivity contribution >= 4 is 0 Å². The third kappa shape index (κ3) is 0.625. The average molecular weight is 129 g/mol. The molecule has 2 rings (SSSR count). The Bertz CT molecular complexity index is 122. The molecule has 2 aliphatic rings. The van der Waals surface area contributed by atoms with Crippen LogP contribution in [0.5, 0.6) is 0 Å². The number of hydrogen-bond acceptors (Lipinski definition) is 3. The highest BCUT2D eigenvalue weighted by molar-refractivity contribution is 5.00. The summed E-state index contributed by atoms with van der Waals surface area (Å²) in [5.74, 6) is 0. The van der Waals surface area contributed by atoms with Crippen molar-refractivity contribution in [2.75, 3.05) is 26.3 Å². The first-order valence-electron chi connectivity index (χ1n) is 3.30. The van der Waals surface area contributed by atoms with E-state index in [4.69, 9.17) is 4.74 Å². The van der Waals surface area contributed by atoms with Crippen LogP contribution in [0.3, 0.4) is 0 Å². The van der Waals surface area contributed by atoms with Crippen molar-refractivity contribution in [3.05, 3.63) is 0 Å². The standard InChI is InChI=1S/C6H11NO2/c8-5-1-9-4-6(5)2-7-3-6/h5,7-8H,1-4H2. The van der Waals surface area contributed by atoms with Crippen molar-refractivity contribution in [2.24, 2.45) is 5.41 Å². The second-order valence-electron chi connectivity index (χ2n) is 3.00. The van der Waals surface area contributed by atoms with Gasteiger partial charge in [0.2, 0.25) is 0 Å². The zero-order valence-corrected chi connectivity index (χ0v) is 5.26. The fraction of sp³-hybridized carbons (Fsp3) is 1.00. The minimum atomic E-state index is -0.223. The van der Waals surface area contributed by atoms with Gasteiger partial charge >= 0.3 is 0 Å². The molecule has 2 heterocycles. The van der Waals surface area contributed by atoms with E-state index in [1.165, 1.54) is 0 Å². The first kappa shape index (κ1) is 5.65. The Balaban J connectivity index is 2.09. The lowest BCUT2D eigenvalue weighted by Crippen LogP contribution is -2.59. The van der Waals surface area contributed by atoms with Crippen molar-refractivity contribution in [1.82, 2.24) is 5.32 Å². The van der Waals surface area contributed by atoms with E-state index in [2.05, 4.69) is 5.32 Å². The molecule has 9 heavy (non-hydrogen) atoms. The predicted molar refractivity (Wildman–Crippen MR) is 32.1 cm³/mol. The molecule has 3 nitrogen and oxygen atoms in total. The first-order valence-corrected chi connectivity index (χ1v) is 3.30. The van der Waals surface area contributed by atoms with E-state index in [1.807, 2.05) is 0 Å². The van der Waals surface area contributed by atoms with Crippen molar-refractivity contribution in [3.8, 4) is 0 Å². The lowest BCUT2D eigenvalue weighted by Gasteiger charge is -2.40. The van der Waals surface area contributed by atoms with E-state index in [-0.39, 0.29) is 11.5 Å². The monoisotopic (exact) mass is 129 g/mol. The van der Waals surface area contributed by atoms with Gasteiger partial charge in [0.15, 0.2) is 0 Å². The molecular weight excluding hydrogens is 118 g/mol. The van der Waals surface area contributed by atoms with Gasteiger partial charge in [-0.15, -0.1) is 0 Å². The maximum absolute atomic E-state index is 9.33. The number of aliphatic hydroxyl groups is 1. The largest absolute Gasteiger partial charge is 0.390 e. The normalized spacial score (nSPS) is 39.0. The highest BCUT2D eigenvalue weighted by Gasteiger charge is 2.47. The molecule has 0 radical (unpaired) electrons. The molecular formula is C6H11NO2. The quantitative estimate of drug-likeness (QED) is 0.439. The van der Waals surface area contributed by atoms with Crippen LogP contribution in [0.1, 0.15) is 0 Å². The lowest BCUT2D eigenvalue weighted by molar-refractivity contribution is 0.0273. The molecule has 1 unspecified atom stereocenters. The maximum atomic E-state index is 9.33. The highest BCUT2D eigenvalue weighted by atomic mass is 16.5.